The van der Waals surface area contributed by atoms with E-state index in [4.69, 9.17) is 5.73 Å². The molecule has 1 aliphatic heterocycles. The van der Waals surface area contributed by atoms with Gasteiger partial charge >= 0.3 is 0 Å². The number of fused-ring (bicyclic) bond motifs is 1. The van der Waals surface area contributed by atoms with Gasteiger partial charge in [0.05, 0.1) is 0 Å². The quantitative estimate of drug-likeness (QED) is 0.621. The van der Waals surface area contributed by atoms with E-state index >= 15 is 0 Å². The lowest BCUT2D eigenvalue weighted by Gasteiger charge is -2.32. The van der Waals surface area contributed by atoms with Gasteiger partial charge in [0.15, 0.2) is 0 Å². The van der Waals surface area contributed by atoms with Crippen LogP contribution in [0.4, 0.5) is 11.4 Å². The second-order valence-corrected chi connectivity index (χ2v) is 4.64. The Bertz CT molecular complexity index is 347. The molecule has 2 nitrogen and oxygen atoms in total. The van der Waals surface area contributed by atoms with Gasteiger partial charge in [0, 0.05) is 24.5 Å². The SMILES string of the molecule is CCCCCN1CCCc2c(N)cccc21. The molecule has 1 heterocycles. The second-order valence-electron chi connectivity index (χ2n) is 4.64. The number of nitrogens with two attached hydrogens (primary N) is 1. The van der Waals surface area contributed by atoms with E-state index in [0.29, 0.717) is 0 Å². The van der Waals surface area contributed by atoms with Crippen molar-refractivity contribution >= 4 is 11.4 Å². The Kier molecular flexibility index (Phi) is 3.70. The molecule has 0 atom stereocenters. The Morgan fingerprint density at radius 3 is 3.00 bits per heavy atom. The van der Waals surface area contributed by atoms with E-state index in [-0.39, 0.29) is 0 Å². The summed E-state index contributed by atoms with van der Waals surface area (Å²) in [6.45, 7) is 4.63. The van der Waals surface area contributed by atoms with E-state index in [1.807, 2.05) is 6.07 Å². The largest absolute Gasteiger partial charge is 0.398 e. The molecule has 0 unspecified atom stereocenters. The van der Waals surface area contributed by atoms with Crippen LogP contribution in [0.5, 0.6) is 0 Å². The summed E-state index contributed by atoms with van der Waals surface area (Å²) in [6, 6.07) is 6.32. The van der Waals surface area contributed by atoms with Gasteiger partial charge in [0.2, 0.25) is 0 Å². The first-order valence-corrected chi connectivity index (χ1v) is 6.45. The van der Waals surface area contributed by atoms with Gasteiger partial charge in [-0.25, -0.2) is 0 Å². The van der Waals surface area contributed by atoms with Crippen LogP contribution in [0.15, 0.2) is 18.2 Å². The van der Waals surface area contributed by atoms with Crippen LogP contribution in [0.1, 0.15) is 38.2 Å². The molecule has 0 saturated heterocycles. The van der Waals surface area contributed by atoms with Crippen molar-refractivity contribution in [2.75, 3.05) is 23.7 Å². The third kappa shape index (κ3) is 2.31. The van der Waals surface area contributed by atoms with Gasteiger partial charge in [0.25, 0.3) is 0 Å². The fourth-order valence-corrected chi connectivity index (χ4v) is 2.51. The molecule has 0 aromatic heterocycles. The second kappa shape index (κ2) is 5.24. The van der Waals surface area contributed by atoms with Gasteiger partial charge < -0.3 is 10.6 Å². The summed E-state index contributed by atoms with van der Waals surface area (Å²) < 4.78 is 0. The Morgan fingerprint density at radius 2 is 2.19 bits per heavy atom. The van der Waals surface area contributed by atoms with Crippen LogP contribution in [-0.2, 0) is 6.42 Å². The van der Waals surface area contributed by atoms with E-state index in [1.165, 1.54) is 50.0 Å². The van der Waals surface area contributed by atoms with Gasteiger partial charge in [-0.1, -0.05) is 25.8 Å². The minimum atomic E-state index is 0.970. The van der Waals surface area contributed by atoms with E-state index < -0.39 is 0 Å². The van der Waals surface area contributed by atoms with Crippen molar-refractivity contribution in [2.45, 2.75) is 39.0 Å². The average molecular weight is 218 g/mol. The maximum absolute atomic E-state index is 6.03. The highest BCUT2D eigenvalue weighted by atomic mass is 15.1. The monoisotopic (exact) mass is 218 g/mol. The lowest BCUT2D eigenvalue weighted by molar-refractivity contribution is 0.638. The summed E-state index contributed by atoms with van der Waals surface area (Å²) in [5, 5.41) is 0. The predicted octanol–water partition coefficient (Wildman–Crippen LogP) is 3.21. The Balaban J connectivity index is 2.10. The zero-order chi connectivity index (χ0) is 11.4. The normalized spacial score (nSPS) is 14.9. The summed E-state index contributed by atoms with van der Waals surface area (Å²) >= 11 is 0. The number of anilines is 2. The van der Waals surface area contributed by atoms with Crippen molar-refractivity contribution in [3.8, 4) is 0 Å². The van der Waals surface area contributed by atoms with Crippen molar-refractivity contribution in [1.82, 2.24) is 0 Å². The summed E-state index contributed by atoms with van der Waals surface area (Å²) in [7, 11) is 0. The molecular formula is C14H22N2. The molecular weight excluding hydrogens is 196 g/mol. The molecule has 0 radical (unpaired) electrons. The maximum Gasteiger partial charge on any atom is 0.0419 e. The molecule has 1 aromatic rings. The summed E-state index contributed by atoms with van der Waals surface area (Å²) in [5.74, 6) is 0. The first-order chi connectivity index (χ1) is 7.83. The van der Waals surface area contributed by atoms with Crippen molar-refractivity contribution in [3.63, 3.8) is 0 Å². The van der Waals surface area contributed by atoms with E-state index in [1.54, 1.807) is 0 Å². The number of hydrogen-bond acceptors (Lipinski definition) is 2. The highest BCUT2D eigenvalue weighted by Crippen LogP contribution is 2.31. The van der Waals surface area contributed by atoms with Crippen molar-refractivity contribution < 1.29 is 0 Å². The van der Waals surface area contributed by atoms with Crippen LogP contribution in [0.25, 0.3) is 0 Å². The number of hydrogen-bond donors (Lipinski definition) is 1. The molecule has 16 heavy (non-hydrogen) atoms. The molecule has 2 N–H and O–H groups in total. The van der Waals surface area contributed by atoms with Gasteiger partial charge in [-0.3, -0.25) is 0 Å². The molecule has 2 heteroatoms. The highest BCUT2D eigenvalue weighted by Gasteiger charge is 2.17. The minimum absolute atomic E-state index is 0.970. The molecule has 2 rings (SSSR count). The third-order valence-corrected chi connectivity index (χ3v) is 3.41. The molecule has 0 fully saturated rings. The van der Waals surface area contributed by atoms with Crippen LogP contribution in [0.3, 0.4) is 0 Å². The number of rotatable bonds is 4. The Hall–Kier alpha value is -1.18. The molecule has 0 aliphatic carbocycles. The molecule has 1 aromatic carbocycles. The zero-order valence-electron chi connectivity index (χ0n) is 10.2. The molecule has 0 bridgehead atoms. The van der Waals surface area contributed by atoms with Crippen LogP contribution in [0, 0.1) is 0 Å². The minimum Gasteiger partial charge on any atom is -0.398 e. The molecule has 0 spiro atoms. The summed E-state index contributed by atoms with van der Waals surface area (Å²) in [5.41, 5.74) is 9.74. The fourth-order valence-electron chi connectivity index (χ4n) is 2.51. The molecule has 0 saturated carbocycles. The van der Waals surface area contributed by atoms with Crippen LogP contribution in [0.2, 0.25) is 0 Å². The van der Waals surface area contributed by atoms with Crippen LogP contribution in [-0.4, -0.2) is 13.1 Å². The topological polar surface area (TPSA) is 29.3 Å². The molecule has 0 amide bonds. The summed E-state index contributed by atoms with van der Waals surface area (Å²) in [4.78, 5) is 2.50. The Morgan fingerprint density at radius 1 is 1.31 bits per heavy atom. The van der Waals surface area contributed by atoms with Crippen molar-refractivity contribution in [3.05, 3.63) is 23.8 Å². The van der Waals surface area contributed by atoms with Crippen LogP contribution < -0.4 is 10.6 Å². The zero-order valence-corrected chi connectivity index (χ0v) is 10.2. The number of nitrogen functional groups attached to an aromatic ring is 1. The number of unbranched alkanes of at least 4 members (excludes halogenated alkanes) is 2. The van der Waals surface area contributed by atoms with Gasteiger partial charge in [-0.05, 0) is 37.0 Å². The number of nitrogens with zero attached hydrogens (tertiary/aromatic N) is 1. The Labute approximate surface area is 98.4 Å². The lowest BCUT2D eigenvalue weighted by Crippen LogP contribution is -2.30. The van der Waals surface area contributed by atoms with E-state index in [2.05, 4.69) is 24.0 Å². The average Bonchev–Trinajstić information content (AvgIpc) is 2.31. The third-order valence-electron chi connectivity index (χ3n) is 3.41. The highest BCUT2D eigenvalue weighted by molar-refractivity contribution is 5.66. The maximum atomic E-state index is 6.03. The first kappa shape index (κ1) is 11.3. The van der Waals surface area contributed by atoms with E-state index in [9.17, 15) is 0 Å². The smallest absolute Gasteiger partial charge is 0.0419 e. The lowest BCUT2D eigenvalue weighted by atomic mass is 9.99. The van der Waals surface area contributed by atoms with Crippen molar-refractivity contribution in [1.29, 1.82) is 0 Å². The van der Waals surface area contributed by atoms with Crippen LogP contribution >= 0.6 is 0 Å². The van der Waals surface area contributed by atoms with E-state index in [0.717, 1.165) is 12.1 Å². The predicted molar refractivity (Wildman–Crippen MR) is 70.9 cm³/mol. The number of benzene rings is 1. The van der Waals surface area contributed by atoms with Gasteiger partial charge in [-0.2, -0.15) is 0 Å². The first-order valence-electron chi connectivity index (χ1n) is 6.45. The molecule has 1 aliphatic rings. The van der Waals surface area contributed by atoms with Gasteiger partial charge in [0.1, 0.15) is 0 Å². The standard InChI is InChI=1S/C14H22N2/c1-2-3-4-10-16-11-6-7-12-13(15)8-5-9-14(12)16/h5,8-9H,2-4,6-7,10-11,15H2,1H3. The fraction of sp³-hybridized carbons (Fsp3) is 0.571. The van der Waals surface area contributed by atoms with Crippen molar-refractivity contribution in [2.24, 2.45) is 0 Å². The molecule has 88 valence electrons. The van der Waals surface area contributed by atoms with Gasteiger partial charge in [-0.15, -0.1) is 0 Å². The summed E-state index contributed by atoms with van der Waals surface area (Å²) in [6.07, 6.45) is 6.30.